The van der Waals surface area contributed by atoms with Crippen LogP contribution in [0.15, 0.2) is 12.2 Å². The third-order valence-corrected chi connectivity index (χ3v) is 4.96. The van der Waals surface area contributed by atoms with Gasteiger partial charge in [0.2, 0.25) is 11.8 Å². The number of aliphatic carboxylic acids is 1. The second-order valence-electron chi connectivity index (χ2n) is 6.82. The van der Waals surface area contributed by atoms with E-state index in [1.54, 1.807) is 0 Å². The number of hydrogen-bond acceptors (Lipinski definition) is 4. The number of carboxylic acids is 1. The quantitative estimate of drug-likeness (QED) is 0.405. The number of rotatable bonds is 10. The predicted octanol–water partition coefficient (Wildman–Crippen LogP) is 1.23. The number of carbonyl (C=O) groups is 3. The van der Waals surface area contributed by atoms with E-state index in [1.807, 2.05) is 6.08 Å². The van der Waals surface area contributed by atoms with Crippen LogP contribution in [0.1, 0.15) is 45.4 Å². The normalized spacial score (nSPS) is 27.6. The number of ether oxygens (including phenoxy) is 1. The highest BCUT2D eigenvalue weighted by molar-refractivity contribution is 5.83. The molecule has 7 heteroatoms. The van der Waals surface area contributed by atoms with Gasteiger partial charge in [0.1, 0.15) is 0 Å². The summed E-state index contributed by atoms with van der Waals surface area (Å²) in [5.41, 5.74) is 0. The Balaban J connectivity index is 1.74. The summed E-state index contributed by atoms with van der Waals surface area (Å²) in [6, 6.07) is 0. The molecule has 2 bridgehead atoms. The van der Waals surface area contributed by atoms with E-state index in [4.69, 9.17) is 9.84 Å². The third-order valence-electron chi connectivity index (χ3n) is 4.96. The van der Waals surface area contributed by atoms with Crippen molar-refractivity contribution in [2.24, 2.45) is 11.8 Å². The molecule has 7 nitrogen and oxygen atoms in total. The number of nitrogens with one attached hydrogen (secondary N) is 2. The Bertz CT molecular complexity index is 520. The van der Waals surface area contributed by atoms with Crippen molar-refractivity contribution in [1.29, 1.82) is 0 Å². The summed E-state index contributed by atoms with van der Waals surface area (Å²) >= 11 is 0. The molecule has 3 N–H and O–H groups in total. The number of carboxylic acid groups (broad SMARTS) is 1. The van der Waals surface area contributed by atoms with Gasteiger partial charge in [-0.15, -0.1) is 0 Å². The summed E-state index contributed by atoms with van der Waals surface area (Å²) in [6.45, 7) is 1.96. The van der Waals surface area contributed by atoms with Crippen LogP contribution in [0.4, 0.5) is 0 Å². The number of unbranched alkanes of at least 4 members (excludes halogenated alkanes) is 1. The summed E-state index contributed by atoms with van der Waals surface area (Å²) in [7, 11) is 0. The monoisotopic (exact) mass is 352 g/mol. The van der Waals surface area contributed by atoms with Crippen LogP contribution in [0.5, 0.6) is 0 Å². The number of fused-ring (bicyclic) bond motifs is 2. The van der Waals surface area contributed by atoms with Crippen LogP contribution in [0.25, 0.3) is 0 Å². The molecule has 0 radical (unpaired) electrons. The molecule has 4 atom stereocenters. The zero-order valence-electron chi connectivity index (χ0n) is 14.7. The lowest BCUT2D eigenvalue weighted by molar-refractivity contribution is -0.137. The van der Waals surface area contributed by atoms with Crippen molar-refractivity contribution < 1.29 is 24.2 Å². The molecule has 2 aliphatic heterocycles. The highest BCUT2D eigenvalue weighted by Gasteiger charge is 2.47. The molecule has 25 heavy (non-hydrogen) atoms. The van der Waals surface area contributed by atoms with Gasteiger partial charge >= 0.3 is 5.97 Å². The fourth-order valence-corrected chi connectivity index (χ4v) is 3.72. The molecule has 2 rings (SSSR count). The van der Waals surface area contributed by atoms with Crippen LogP contribution < -0.4 is 10.6 Å². The van der Waals surface area contributed by atoms with Crippen LogP contribution >= 0.6 is 0 Å². The first-order valence-electron chi connectivity index (χ1n) is 9.00. The average molecular weight is 352 g/mol. The second-order valence-corrected chi connectivity index (χ2v) is 6.82. The first-order valence-corrected chi connectivity index (χ1v) is 9.00. The van der Waals surface area contributed by atoms with Gasteiger partial charge in [-0.3, -0.25) is 14.4 Å². The fourth-order valence-electron chi connectivity index (χ4n) is 3.72. The number of amides is 2. The Hall–Kier alpha value is -1.89. The van der Waals surface area contributed by atoms with Gasteiger partial charge in [-0.05, 0) is 38.0 Å². The first-order chi connectivity index (χ1) is 12.0. The Labute approximate surface area is 148 Å². The Morgan fingerprint density at radius 3 is 2.52 bits per heavy atom. The molecule has 140 valence electrons. The maximum absolute atomic E-state index is 11.8. The highest BCUT2D eigenvalue weighted by atomic mass is 16.5. The molecule has 2 heterocycles. The van der Waals surface area contributed by atoms with Crippen molar-refractivity contribution in [2.45, 2.75) is 57.7 Å². The standard InChI is InChI=1S/C18H28N2O5/c1-12(21)19-11-17(22)20-10-14-13(15-8-9-16(14)25-15)6-4-2-3-5-7-18(23)24/h2,4,13-16H,3,5-11H2,1H3,(H,19,21)(H,20,22)(H,23,24)/b4-2-/t13-,14+,15-,16+/m1/s1. The predicted molar refractivity (Wildman–Crippen MR) is 91.8 cm³/mol. The van der Waals surface area contributed by atoms with E-state index >= 15 is 0 Å². The number of carbonyl (C=O) groups excluding carboxylic acids is 2. The molecular weight excluding hydrogens is 324 g/mol. The van der Waals surface area contributed by atoms with Gasteiger partial charge < -0.3 is 20.5 Å². The van der Waals surface area contributed by atoms with Gasteiger partial charge in [0.05, 0.1) is 18.8 Å². The molecule has 2 amide bonds. The lowest BCUT2D eigenvalue weighted by Crippen LogP contribution is -2.42. The fraction of sp³-hybridized carbons (Fsp3) is 0.722. The molecule has 0 unspecified atom stereocenters. The van der Waals surface area contributed by atoms with Crippen molar-refractivity contribution in [3.05, 3.63) is 12.2 Å². The van der Waals surface area contributed by atoms with Crippen LogP contribution in [-0.4, -0.2) is 48.2 Å². The smallest absolute Gasteiger partial charge is 0.303 e. The summed E-state index contributed by atoms with van der Waals surface area (Å²) in [5, 5.41) is 14.0. The van der Waals surface area contributed by atoms with E-state index in [-0.39, 0.29) is 37.0 Å². The number of hydrogen-bond donors (Lipinski definition) is 3. The van der Waals surface area contributed by atoms with E-state index in [2.05, 4.69) is 16.7 Å². The zero-order chi connectivity index (χ0) is 18.2. The minimum Gasteiger partial charge on any atom is -0.481 e. The van der Waals surface area contributed by atoms with Crippen LogP contribution in [0, 0.1) is 11.8 Å². The minimum atomic E-state index is -0.759. The first kappa shape index (κ1) is 19.4. The van der Waals surface area contributed by atoms with Crippen molar-refractivity contribution >= 4 is 17.8 Å². The molecule has 0 saturated carbocycles. The summed E-state index contributed by atoms with van der Waals surface area (Å²) < 4.78 is 6.01. The largest absolute Gasteiger partial charge is 0.481 e. The van der Waals surface area contributed by atoms with Crippen LogP contribution in [0.3, 0.4) is 0 Å². The van der Waals surface area contributed by atoms with Crippen molar-refractivity contribution in [1.82, 2.24) is 10.6 Å². The van der Waals surface area contributed by atoms with E-state index in [0.717, 1.165) is 25.7 Å². The molecule has 0 aromatic carbocycles. The van der Waals surface area contributed by atoms with Crippen LogP contribution in [0.2, 0.25) is 0 Å². The van der Waals surface area contributed by atoms with Gasteiger partial charge in [-0.2, -0.15) is 0 Å². The summed E-state index contributed by atoms with van der Waals surface area (Å²) in [5.74, 6) is -0.477. The maximum atomic E-state index is 11.8. The lowest BCUT2D eigenvalue weighted by Gasteiger charge is -2.27. The van der Waals surface area contributed by atoms with Gasteiger partial charge in [-0.1, -0.05) is 12.2 Å². The molecule has 2 saturated heterocycles. The topological polar surface area (TPSA) is 105 Å². The summed E-state index contributed by atoms with van der Waals surface area (Å²) in [4.78, 5) is 33.1. The van der Waals surface area contributed by atoms with Crippen molar-refractivity contribution in [3.8, 4) is 0 Å². The van der Waals surface area contributed by atoms with Gasteiger partial charge in [0.25, 0.3) is 0 Å². The molecule has 0 spiro atoms. The van der Waals surface area contributed by atoms with Gasteiger partial charge in [-0.25, -0.2) is 0 Å². The Kier molecular flexibility index (Phi) is 7.43. The lowest BCUT2D eigenvalue weighted by atomic mass is 9.77. The SMILES string of the molecule is CC(=O)NCC(=O)NC[C@H]1[C@@H](C/C=C\CCCC(=O)O)[C@H]2CC[C@@H]1O2. The van der Waals surface area contributed by atoms with E-state index in [1.165, 1.54) is 6.92 Å². The van der Waals surface area contributed by atoms with E-state index < -0.39 is 5.97 Å². The highest BCUT2D eigenvalue weighted by Crippen LogP contribution is 2.44. The number of allylic oxidation sites excluding steroid dienone is 2. The zero-order valence-corrected chi connectivity index (χ0v) is 14.7. The second kappa shape index (κ2) is 9.56. The maximum Gasteiger partial charge on any atom is 0.303 e. The van der Waals surface area contributed by atoms with E-state index in [9.17, 15) is 14.4 Å². The average Bonchev–Trinajstić information content (AvgIpc) is 3.15. The molecule has 0 aromatic rings. The van der Waals surface area contributed by atoms with Gasteiger partial charge in [0.15, 0.2) is 0 Å². The molecule has 0 aromatic heterocycles. The van der Waals surface area contributed by atoms with E-state index in [0.29, 0.717) is 24.8 Å². The van der Waals surface area contributed by atoms with Crippen molar-refractivity contribution in [3.63, 3.8) is 0 Å². The molecule has 2 aliphatic rings. The Morgan fingerprint density at radius 2 is 1.84 bits per heavy atom. The Morgan fingerprint density at radius 1 is 1.12 bits per heavy atom. The van der Waals surface area contributed by atoms with Gasteiger partial charge in [0, 0.05) is 25.8 Å². The minimum absolute atomic E-state index is 0.00511. The molecular formula is C18H28N2O5. The van der Waals surface area contributed by atoms with Crippen LogP contribution in [-0.2, 0) is 19.1 Å². The molecule has 2 fully saturated rings. The van der Waals surface area contributed by atoms with Crippen molar-refractivity contribution in [2.75, 3.05) is 13.1 Å². The molecule has 0 aliphatic carbocycles. The summed E-state index contributed by atoms with van der Waals surface area (Å²) in [6.07, 6.45) is 9.24. The third kappa shape index (κ3) is 6.16.